The van der Waals surface area contributed by atoms with Crippen LogP contribution < -0.4 is 5.32 Å². The summed E-state index contributed by atoms with van der Waals surface area (Å²) in [6.45, 7) is -0.535. The number of halogens is 4. The topological polar surface area (TPSA) is 99.9 Å². The molecule has 3 aromatic rings. The number of aliphatic hydroxyl groups excluding tert-OH is 2. The Morgan fingerprint density at radius 3 is 2.56 bits per heavy atom. The van der Waals surface area contributed by atoms with Crippen LogP contribution in [0.15, 0.2) is 42.7 Å². The lowest BCUT2D eigenvalue weighted by molar-refractivity contribution is -0.137. The minimum atomic E-state index is -3.02. The van der Waals surface area contributed by atoms with Crippen molar-refractivity contribution in [1.82, 2.24) is 14.5 Å². The van der Waals surface area contributed by atoms with Gasteiger partial charge in [-0.25, -0.2) is 9.37 Å². The number of aliphatic hydroxyl groups is 2. The SMILES string of the molecule is CC(C)Nc1cc(-c2cc3n(c2)CC(CO)(CO)CN(Cc2cc(F)ccc2COC(F)F)C3=O)c(Cl)cn1. The van der Waals surface area contributed by atoms with Gasteiger partial charge >= 0.3 is 6.61 Å². The normalized spacial score (nSPS) is 15.1. The number of amides is 1. The number of anilines is 1. The Morgan fingerprint density at radius 2 is 1.90 bits per heavy atom. The van der Waals surface area contributed by atoms with Gasteiger partial charge in [-0.2, -0.15) is 8.78 Å². The number of nitrogens with one attached hydrogen (secondary N) is 1. The van der Waals surface area contributed by atoms with Crippen molar-refractivity contribution in [3.8, 4) is 11.1 Å². The number of benzene rings is 1. The Bertz CT molecular complexity index is 1330. The van der Waals surface area contributed by atoms with Crippen molar-refractivity contribution < 1.29 is 32.9 Å². The first-order chi connectivity index (χ1) is 18.5. The van der Waals surface area contributed by atoms with E-state index in [9.17, 15) is 28.2 Å². The van der Waals surface area contributed by atoms with Gasteiger partial charge in [-0.3, -0.25) is 4.79 Å². The lowest BCUT2D eigenvalue weighted by Gasteiger charge is -2.33. The molecule has 39 heavy (non-hydrogen) atoms. The van der Waals surface area contributed by atoms with Crippen molar-refractivity contribution >= 4 is 23.3 Å². The molecule has 1 aliphatic rings. The van der Waals surface area contributed by atoms with E-state index in [1.165, 1.54) is 17.2 Å². The smallest absolute Gasteiger partial charge is 0.345 e. The zero-order valence-corrected chi connectivity index (χ0v) is 22.3. The van der Waals surface area contributed by atoms with Crippen LogP contribution in [0.3, 0.4) is 0 Å². The van der Waals surface area contributed by atoms with E-state index < -0.39 is 43.6 Å². The second-order valence-electron chi connectivity index (χ2n) is 10.1. The summed E-state index contributed by atoms with van der Waals surface area (Å²) in [7, 11) is 0. The second kappa shape index (κ2) is 12.0. The number of aromatic nitrogens is 2. The van der Waals surface area contributed by atoms with Gasteiger partial charge in [0.2, 0.25) is 0 Å². The average molecular weight is 567 g/mol. The third-order valence-corrected chi connectivity index (χ3v) is 6.90. The number of alkyl halides is 2. The highest BCUT2D eigenvalue weighted by atomic mass is 35.5. The summed E-state index contributed by atoms with van der Waals surface area (Å²) in [5.74, 6) is -0.448. The maximum Gasteiger partial charge on any atom is 0.345 e. The highest BCUT2D eigenvalue weighted by molar-refractivity contribution is 6.33. The predicted octanol–water partition coefficient (Wildman–Crippen LogP) is 4.53. The van der Waals surface area contributed by atoms with Gasteiger partial charge < -0.3 is 29.7 Å². The highest BCUT2D eigenvalue weighted by Gasteiger charge is 2.39. The molecule has 2 aromatic heterocycles. The number of pyridine rings is 1. The summed E-state index contributed by atoms with van der Waals surface area (Å²) in [5.41, 5.74) is 0.955. The molecule has 8 nitrogen and oxygen atoms in total. The molecule has 210 valence electrons. The third kappa shape index (κ3) is 6.55. The van der Waals surface area contributed by atoms with Crippen LogP contribution in [-0.2, 0) is 24.4 Å². The Hall–Kier alpha value is -3.12. The van der Waals surface area contributed by atoms with E-state index in [2.05, 4.69) is 15.0 Å². The van der Waals surface area contributed by atoms with Gasteiger partial charge in [0.05, 0.1) is 30.3 Å². The van der Waals surface area contributed by atoms with Crippen LogP contribution in [0.1, 0.15) is 35.5 Å². The molecule has 3 heterocycles. The first-order valence-corrected chi connectivity index (χ1v) is 12.7. The van der Waals surface area contributed by atoms with Crippen LogP contribution in [0.5, 0.6) is 0 Å². The van der Waals surface area contributed by atoms with Gasteiger partial charge in [-0.05, 0) is 49.2 Å². The largest absolute Gasteiger partial charge is 0.396 e. The molecule has 12 heteroatoms. The first-order valence-electron chi connectivity index (χ1n) is 12.3. The fourth-order valence-electron chi connectivity index (χ4n) is 4.67. The Morgan fingerprint density at radius 1 is 1.15 bits per heavy atom. The molecule has 0 fully saturated rings. The van der Waals surface area contributed by atoms with Crippen LogP contribution >= 0.6 is 11.6 Å². The van der Waals surface area contributed by atoms with Crippen molar-refractivity contribution in [2.45, 2.75) is 46.2 Å². The second-order valence-corrected chi connectivity index (χ2v) is 10.5. The minimum absolute atomic E-state index is 0.0556. The summed E-state index contributed by atoms with van der Waals surface area (Å²) in [5, 5.41) is 24.1. The van der Waals surface area contributed by atoms with Gasteiger partial charge in [0.15, 0.2) is 0 Å². The molecule has 0 radical (unpaired) electrons. The Balaban J connectivity index is 1.74. The fourth-order valence-corrected chi connectivity index (χ4v) is 4.88. The lowest BCUT2D eigenvalue weighted by atomic mass is 9.89. The quantitative estimate of drug-likeness (QED) is 0.333. The molecule has 0 spiro atoms. The summed E-state index contributed by atoms with van der Waals surface area (Å²) in [6, 6.07) is 7.17. The monoisotopic (exact) mass is 566 g/mol. The van der Waals surface area contributed by atoms with Gasteiger partial charge in [0.1, 0.15) is 17.3 Å². The van der Waals surface area contributed by atoms with Crippen molar-refractivity contribution in [2.75, 3.05) is 25.1 Å². The zero-order valence-electron chi connectivity index (χ0n) is 21.5. The van der Waals surface area contributed by atoms with Crippen LogP contribution in [0.4, 0.5) is 19.0 Å². The van der Waals surface area contributed by atoms with E-state index in [1.54, 1.807) is 22.9 Å². The molecule has 1 aromatic carbocycles. The van der Waals surface area contributed by atoms with Crippen molar-refractivity contribution in [2.24, 2.45) is 5.41 Å². The summed E-state index contributed by atoms with van der Waals surface area (Å²) < 4.78 is 45.6. The van der Waals surface area contributed by atoms with Crippen molar-refractivity contribution in [1.29, 1.82) is 0 Å². The molecule has 1 aliphatic heterocycles. The molecule has 4 rings (SSSR count). The number of hydrogen-bond acceptors (Lipinski definition) is 6. The highest BCUT2D eigenvalue weighted by Crippen LogP contribution is 2.35. The number of ether oxygens (including phenoxy) is 1. The summed E-state index contributed by atoms with van der Waals surface area (Å²) in [4.78, 5) is 19.5. The van der Waals surface area contributed by atoms with Crippen LogP contribution in [0, 0.1) is 11.2 Å². The number of nitrogens with zero attached hydrogens (tertiary/aromatic N) is 3. The molecule has 0 unspecified atom stereocenters. The Labute approximate surface area is 229 Å². The van der Waals surface area contributed by atoms with Gasteiger partial charge in [0, 0.05) is 49.2 Å². The fraction of sp³-hybridized carbons (Fsp3) is 0.407. The van der Waals surface area contributed by atoms with Crippen molar-refractivity contribution in [3.63, 3.8) is 0 Å². The summed E-state index contributed by atoms with van der Waals surface area (Å²) >= 11 is 6.45. The molecule has 0 aliphatic carbocycles. The van der Waals surface area contributed by atoms with E-state index in [-0.39, 0.29) is 42.5 Å². The van der Waals surface area contributed by atoms with E-state index >= 15 is 0 Å². The Kier molecular flexibility index (Phi) is 8.85. The van der Waals surface area contributed by atoms with Gasteiger partial charge in [-0.1, -0.05) is 17.7 Å². The van der Waals surface area contributed by atoms with Gasteiger partial charge in [0.25, 0.3) is 5.91 Å². The zero-order chi connectivity index (χ0) is 28.3. The number of fused-ring (bicyclic) bond motifs is 1. The van der Waals surface area contributed by atoms with E-state index in [0.717, 1.165) is 12.1 Å². The average Bonchev–Trinajstić information content (AvgIpc) is 3.26. The van der Waals surface area contributed by atoms with Crippen molar-refractivity contribution in [3.05, 3.63) is 70.4 Å². The van der Waals surface area contributed by atoms with Gasteiger partial charge in [-0.15, -0.1) is 0 Å². The molecule has 0 bridgehead atoms. The molecule has 1 amide bonds. The summed E-state index contributed by atoms with van der Waals surface area (Å²) in [6.07, 6.45) is 3.23. The molecule has 0 saturated heterocycles. The molecular weight excluding hydrogens is 537 g/mol. The number of carbonyl (C=O) groups is 1. The number of hydrogen-bond donors (Lipinski definition) is 3. The predicted molar refractivity (Wildman–Crippen MR) is 140 cm³/mol. The molecule has 3 N–H and O–H groups in total. The maximum atomic E-state index is 14.1. The maximum absolute atomic E-state index is 14.1. The number of rotatable bonds is 10. The molecule has 0 atom stereocenters. The third-order valence-electron chi connectivity index (χ3n) is 6.60. The van der Waals surface area contributed by atoms with E-state index in [0.29, 0.717) is 22.0 Å². The lowest BCUT2D eigenvalue weighted by Crippen LogP contribution is -2.44. The first kappa shape index (κ1) is 28.9. The van der Waals surface area contributed by atoms with Crippen LogP contribution in [-0.4, -0.2) is 63.0 Å². The molecular formula is C27H30ClF3N4O4. The van der Waals surface area contributed by atoms with Crippen LogP contribution in [0.2, 0.25) is 5.02 Å². The minimum Gasteiger partial charge on any atom is -0.396 e. The van der Waals surface area contributed by atoms with Crippen LogP contribution in [0.25, 0.3) is 11.1 Å². The number of carbonyl (C=O) groups excluding carboxylic acids is 1. The molecule has 0 saturated carbocycles. The van der Waals surface area contributed by atoms with E-state index in [1.807, 2.05) is 13.8 Å². The standard InChI is InChI=1S/C27H30ClF3N4O4/c1-16(2)33-24-7-21(22(28)8-32-24)19-6-23-25(38)35(13-27(14-36,15-37)12-34(23)10-19)9-18-5-20(29)4-3-17(18)11-39-26(30)31/h3-8,10,16,26,36-37H,9,11-15H2,1-2H3,(H,32,33). The van der Waals surface area contributed by atoms with E-state index in [4.69, 9.17) is 11.6 Å².